The zero-order valence-corrected chi connectivity index (χ0v) is 15.6. The highest BCUT2D eigenvalue weighted by Gasteiger charge is 2.59. The van der Waals surface area contributed by atoms with Crippen LogP contribution in [0, 0.1) is 17.2 Å². The normalized spacial score (nSPS) is 30.4. The Kier molecular flexibility index (Phi) is 3.65. The fraction of sp³-hybridized carbons (Fsp3) is 0.364. The third-order valence-corrected chi connectivity index (χ3v) is 6.20. The van der Waals surface area contributed by atoms with E-state index in [1.165, 1.54) is 0 Å². The molecule has 0 amide bonds. The molecule has 0 aromatic heterocycles. The zero-order valence-electron chi connectivity index (χ0n) is 15.6. The summed E-state index contributed by atoms with van der Waals surface area (Å²) in [6, 6.07) is 16.1. The first-order valence-electron chi connectivity index (χ1n) is 9.44. The summed E-state index contributed by atoms with van der Waals surface area (Å²) in [5, 5.41) is 9.22. The van der Waals surface area contributed by atoms with E-state index in [0.717, 1.165) is 28.9 Å². The Hall–Kier alpha value is -3.04. The van der Waals surface area contributed by atoms with Crippen LogP contribution >= 0.6 is 0 Å². The lowest BCUT2D eigenvalue weighted by Crippen LogP contribution is -2.59. The van der Waals surface area contributed by atoms with Gasteiger partial charge in [0.05, 0.1) is 30.8 Å². The van der Waals surface area contributed by atoms with Crippen LogP contribution in [-0.2, 0) is 15.0 Å². The fourth-order valence-corrected chi connectivity index (χ4v) is 4.70. The van der Waals surface area contributed by atoms with Crippen LogP contribution < -0.4 is 10.5 Å². The molecule has 6 heteroatoms. The summed E-state index contributed by atoms with van der Waals surface area (Å²) in [6.07, 6.45) is 0.792. The van der Waals surface area contributed by atoms with Crippen molar-refractivity contribution >= 4 is 6.02 Å². The fourth-order valence-electron chi connectivity index (χ4n) is 4.70. The van der Waals surface area contributed by atoms with Crippen LogP contribution in [0.25, 0.3) is 11.1 Å². The second-order valence-electron chi connectivity index (χ2n) is 7.86. The van der Waals surface area contributed by atoms with Gasteiger partial charge in [-0.05, 0) is 42.3 Å². The molecule has 0 bridgehead atoms. The molecule has 6 nitrogen and oxygen atoms in total. The molecule has 5 rings (SSSR count). The Bertz CT molecular complexity index is 1030. The van der Waals surface area contributed by atoms with E-state index in [0.29, 0.717) is 25.4 Å². The van der Waals surface area contributed by atoms with E-state index in [9.17, 15) is 5.26 Å². The highest BCUT2D eigenvalue weighted by molar-refractivity contribution is 5.76. The lowest BCUT2D eigenvalue weighted by atomic mass is 9.66. The quantitative estimate of drug-likeness (QED) is 0.828. The van der Waals surface area contributed by atoms with Crippen molar-refractivity contribution in [3.63, 3.8) is 0 Å². The Balaban J connectivity index is 1.69. The number of amidine groups is 1. The average Bonchev–Trinajstić information content (AvgIpc) is 3.10. The van der Waals surface area contributed by atoms with Gasteiger partial charge in [0.1, 0.15) is 23.5 Å². The van der Waals surface area contributed by atoms with Crippen LogP contribution in [0.15, 0.2) is 47.5 Å². The van der Waals surface area contributed by atoms with Gasteiger partial charge in [0.2, 0.25) is 0 Å². The van der Waals surface area contributed by atoms with Crippen LogP contribution in [0.4, 0.5) is 0 Å². The molecule has 3 heterocycles. The predicted molar refractivity (Wildman–Crippen MR) is 104 cm³/mol. The summed E-state index contributed by atoms with van der Waals surface area (Å²) in [7, 11) is 0. The van der Waals surface area contributed by atoms with Crippen molar-refractivity contribution in [2.24, 2.45) is 16.6 Å². The summed E-state index contributed by atoms with van der Waals surface area (Å²) >= 11 is 0. The molecule has 3 atom stereocenters. The average molecular weight is 375 g/mol. The molecule has 3 aliphatic rings. The van der Waals surface area contributed by atoms with Crippen molar-refractivity contribution in [3.05, 3.63) is 53.6 Å². The number of nitrogens with two attached hydrogens (primary N) is 1. The number of hydrogen-bond donors (Lipinski definition) is 1. The van der Waals surface area contributed by atoms with Gasteiger partial charge in [-0.2, -0.15) is 5.26 Å². The first kappa shape index (κ1) is 17.1. The highest BCUT2D eigenvalue weighted by atomic mass is 16.5. The van der Waals surface area contributed by atoms with Crippen molar-refractivity contribution in [2.45, 2.75) is 24.5 Å². The molecule has 2 N–H and O–H groups in total. The number of nitriles is 1. The van der Waals surface area contributed by atoms with Crippen molar-refractivity contribution in [3.8, 4) is 22.9 Å². The summed E-state index contributed by atoms with van der Waals surface area (Å²) in [6.45, 7) is 3.71. The van der Waals surface area contributed by atoms with E-state index in [-0.39, 0.29) is 17.5 Å². The molecule has 0 saturated carbocycles. The summed E-state index contributed by atoms with van der Waals surface area (Å²) < 4.78 is 17.9. The monoisotopic (exact) mass is 375 g/mol. The Labute approximate surface area is 163 Å². The number of ether oxygens (including phenoxy) is 3. The maximum absolute atomic E-state index is 9.22. The molecule has 142 valence electrons. The summed E-state index contributed by atoms with van der Waals surface area (Å²) in [4.78, 5) is 4.78. The maximum atomic E-state index is 9.22. The smallest absolute Gasteiger partial charge is 0.283 e. The van der Waals surface area contributed by atoms with Gasteiger partial charge >= 0.3 is 0 Å². The summed E-state index contributed by atoms with van der Waals surface area (Å²) in [5.74, 6) is 0.811. The second-order valence-corrected chi connectivity index (χ2v) is 7.86. The third kappa shape index (κ3) is 2.40. The first-order chi connectivity index (χ1) is 13.5. The minimum absolute atomic E-state index is 0.00277. The van der Waals surface area contributed by atoms with E-state index in [2.05, 4.69) is 19.1 Å². The van der Waals surface area contributed by atoms with Crippen molar-refractivity contribution in [2.75, 3.05) is 19.8 Å². The minimum Gasteiger partial charge on any atom is -0.487 e. The number of benzene rings is 2. The number of aliphatic imine (C=N–C) groups is 1. The minimum atomic E-state index is -0.629. The molecular formula is C22H21N3O3. The largest absolute Gasteiger partial charge is 0.487 e. The number of hydrogen-bond acceptors (Lipinski definition) is 6. The molecular weight excluding hydrogens is 354 g/mol. The van der Waals surface area contributed by atoms with Gasteiger partial charge in [0, 0.05) is 12.0 Å². The molecule has 0 aliphatic carbocycles. The van der Waals surface area contributed by atoms with Crippen molar-refractivity contribution in [1.82, 2.24) is 0 Å². The van der Waals surface area contributed by atoms with Gasteiger partial charge in [-0.3, -0.25) is 0 Å². The molecule has 0 unspecified atom stereocenters. The van der Waals surface area contributed by atoms with Crippen LogP contribution in [0.1, 0.15) is 24.5 Å². The molecule has 2 aromatic carbocycles. The molecule has 1 fully saturated rings. The van der Waals surface area contributed by atoms with Crippen molar-refractivity contribution in [1.29, 1.82) is 5.26 Å². The molecule has 2 aromatic rings. The standard InChI is InChI=1S/C22H21N3O3/c1-21-7-8-26-12-19(21)22(13-27-20(24)25-22)17-10-16(5-6-18(17)28-21)15-4-2-3-14(9-15)11-23/h2-6,9-10,19H,7-8,12-13H2,1H3,(H2,24,25)/t19-,21-,22-/m0/s1. The van der Waals surface area contributed by atoms with Gasteiger partial charge in [-0.1, -0.05) is 18.2 Å². The second kappa shape index (κ2) is 5.98. The maximum Gasteiger partial charge on any atom is 0.283 e. The molecule has 0 radical (unpaired) electrons. The van der Waals surface area contributed by atoms with Crippen LogP contribution in [-0.4, -0.2) is 31.4 Å². The van der Waals surface area contributed by atoms with Gasteiger partial charge in [-0.25, -0.2) is 4.99 Å². The number of nitrogens with zero attached hydrogens (tertiary/aromatic N) is 2. The highest BCUT2D eigenvalue weighted by Crippen LogP contribution is 2.54. The van der Waals surface area contributed by atoms with Gasteiger partial charge in [0.25, 0.3) is 6.02 Å². The van der Waals surface area contributed by atoms with Gasteiger partial charge in [-0.15, -0.1) is 0 Å². The third-order valence-electron chi connectivity index (χ3n) is 6.20. The topological polar surface area (TPSA) is 89.9 Å². The molecule has 28 heavy (non-hydrogen) atoms. The summed E-state index contributed by atoms with van der Waals surface area (Å²) in [5.41, 5.74) is 8.50. The molecule has 1 spiro atoms. The van der Waals surface area contributed by atoms with Gasteiger partial charge < -0.3 is 19.9 Å². The number of fused-ring (bicyclic) bond motifs is 4. The lowest BCUT2D eigenvalue weighted by Gasteiger charge is -2.52. The Morgan fingerprint density at radius 3 is 2.86 bits per heavy atom. The van der Waals surface area contributed by atoms with Crippen LogP contribution in [0.3, 0.4) is 0 Å². The first-order valence-corrected chi connectivity index (χ1v) is 9.44. The Morgan fingerprint density at radius 2 is 2.07 bits per heavy atom. The van der Waals surface area contributed by atoms with E-state index in [4.69, 9.17) is 24.9 Å². The SMILES string of the molecule is C[C@]12CCOC[C@@H]1[C@]1(COC(N)=N1)c1cc(-c3cccc(C#N)c3)ccc1O2. The van der Waals surface area contributed by atoms with E-state index in [1.807, 2.05) is 30.3 Å². The van der Waals surface area contributed by atoms with E-state index in [1.54, 1.807) is 6.07 Å². The van der Waals surface area contributed by atoms with Crippen molar-refractivity contribution < 1.29 is 14.2 Å². The zero-order chi connectivity index (χ0) is 19.4. The lowest BCUT2D eigenvalue weighted by molar-refractivity contribution is -0.129. The molecule has 1 saturated heterocycles. The predicted octanol–water partition coefficient (Wildman–Crippen LogP) is 2.95. The van der Waals surface area contributed by atoms with Crippen LogP contribution in [0.5, 0.6) is 5.75 Å². The van der Waals surface area contributed by atoms with E-state index >= 15 is 0 Å². The van der Waals surface area contributed by atoms with Gasteiger partial charge in [0.15, 0.2) is 0 Å². The molecule has 3 aliphatic heterocycles. The van der Waals surface area contributed by atoms with E-state index < -0.39 is 5.54 Å². The van der Waals surface area contributed by atoms with Crippen LogP contribution in [0.2, 0.25) is 0 Å². The Morgan fingerprint density at radius 1 is 1.21 bits per heavy atom. The number of rotatable bonds is 1.